The third kappa shape index (κ3) is 4.54. The van der Waals surface area contributed by atoms with Crippen molar-refractivity contribution in [2.45, 2.75) is 38.7 Å². The highest BCUT2D eigenvalue weighted by Crippen LogP contribution is 2.20. The number of rotatable bonds is 7. The summed E-state index contributed by atoms with van der Waals surface area (Å²) >= 11 is 0. The lowest BCUT2D eigenvalue weighted by Gasteiger charge is -2.31. The number of hydrogen-bond acceptors (Lipinski definition) is 6. The molecule has 1 saturated heterocycles. The fourth-order valence-electron chi connectivity index (χ4n) is 2.36. The highest BCUT2D eigenvalue weighted by atomic mass is 32.2. The normalized spacial score (nSPS) is 19.8. The first-order valence-corrected chi connectivity index (χ1v) is 9.18. The molecule has 8 heteroatoms. The van der Waals surface area contributed by atoms with E-state index in [0.29, 0.717) is 31.3 Å². The van der Waals surface area contributed by atoms with Gasteiger partial charge in [-0.15, -0.1) is 10.2 Å². The van der Waals surface area contributed by atoms with Crippen LogP contribution in [-0.4, -0.2) is 55.0 Å². The van der Waals surface area contributed by atoms with E-state index < -0.39 is 10.0 Å². The molecule has 1 aromatic heterocycles. The van der Waals surface area contributed by atoms with E-state index >= 15 is 0 Å². The van der Waals surface area contributed by atoms with E-state index in [1.807, 2.05) is 6.92 Å². The van der Waals surface area contributed by atoms with Gasteiger partial charge in [-0.05, 0) is 19.3 Å². The first kappa shape index (κ1) is 17.0. The molecule has 0 bridgehead atoms. The molecule has 2 rings (SSSR count). The molecule has 22 heavy (non-hydrogen) atoms. The highest BCUT2D eigenvalue weighted by Gasteiger charge is 2.29. The molecule has 124 valence electrons. The fraction of sp³-hybridized carbons (Fsp3) is 0.714. The van der Waals surface area contributed by atoms with Crippen molar-refractivity contribution in [1.29, 1.82) is 0 Å². The Morgan fingerprint density at radius 2 is 2.05 bits per heavy atom. The van der Waals surface area contributed by atoms with Gasteiger partial charge in [-0.3, -0.25) is 0 Å². The van der Waals surface area contributed by atoms with Crippen LogP contribution in [0.1, 0.15) is 32.6 Å². The summed E-state index contributed by atoms with van der Waals surface area (Å²) in [6, 6.07) is 3.34. The summed E-state index contributed by atoms with van der Waals surface area (Å²) in [5.41, 5.74) is 0. The molecule has 0 aromatic carbocycles. The lowest BCUT2D eigenvalue weighted by molar-refractivity contribution is 0.123. The number of unbranched alkanes of at least 4 members (excludes halogenated alkanes) is 1. The molecule has 0 radical (unpaired) electrons. The number of nitrogens with zero attached hydrogens (tertiary/aromatic N) is 3. The SMILES string of the molecule is CCCCS(=O)(=O)N1CCCC(Oc2ccc(OC)nn2)C1. The molecule has 1 aromatic rings. The van der Waals surface area contributed by atoms with Gasteiger partial charge in [-0.25, -0.2) is 8.42 Å². The summed E-state index contributed by atoms with van der Waals surface area (Å²) in [5, 5.41) is 7.76. The Morgan fingerprint density at radius 3 is 2.68 bits per heavy atom. The van der Waals surface area contributed by atoms with Crippen LogP contribution in [0.15, 0.2) is 12.1 Å². The van der Waals surface area contributed by atoms with Crippen LogP contribution in [0.2, 0.25) is 0 Å². The van der Waals surface area contributed by atoms with E-state index in [1.54, 1.807) is 12.1 Å². The fourth-order valence-corrected chi connectivity index (χ4v) is 4.07. The van der Waals surface area contributed by atoms with Gasteiger partial charge >= 0.3 is 0 Å². The first-order chi connectivity index (χ1) is 10.5. The van der Waals surface area contributed by atoms with Crippen molar-refractivity contribution in [1.82, 2.24) is 14.5 Å². The van der Waals surface area contributed by atoms with Crippen LogP contribution < -0.4 is 9.47 Å². The molecular formula is C14H23N3O4S. The summed E-state index contributed by atoms with van der Waals surface area (Å²) in [4.78, 5) is 0. The lowest BCUT2D eigenvalue weighted by Crippen LogP contribution is -2.45. The van der Waals surface area contributed by atoms with E-state index in [4.69, 9.17) is 9.47 Å². The van der Waals surface area contributed by atoms with Crippen LogP contribution in [0, 0.1) is 0 Å². The lowest BCUT2D eigenvalue weighted by atomic mass is 10.1. The Kier molecular flexibility index (Phi) is 5.96. The Balaban J connectivity index is 1.95. The predicted octanol–water partition coefficient (Wildman–Crippen LogP) is 1.46. The van der Waals surface area contributed by atoms with Gasteiger partial charge in [0.1, 0.15) is 6.10 Å². The largest absolute Gasteiger partial charge is 0.480 e. The molecule has 0 spiro atoms. The van der Waals surface area contributed by atoms with Crippen molar-refractivity contribution >= 4 is 10.0 Å². The molecule has 1 aliphatic heterocycles. The smallest absolute Gasteiger partial charge is 0.233 e. The van der Waals surface area contributed by atoms with Gasteiger partial charge in [-0.1, -0.05) is 13.3 Å². The second-order valence-corrected chi connectivity index (χ2v) is 7.41. The first-order valence-electron chi connectivity index (χ1n) is 7.57. The maximum atomic E-state index is 12.3. The summed E-state index contributed by atoms with van der Waals surface area (Å²) in [7, 11) is -1.67. The van der Waals surface area contributed by atoms with Crippen LogP contribution in [0.4, 0.5) is 0 Å². The van der Waals surface area contributed by atoms with Crippen LogP contribution in [0.3, 0.4) is 0 Å². The molecule has 0 saturated carbocycles. The van der Waals surface area contributed by atoms with Crippen LogP contribution in [0.5, 0.6) is 11.8 Å². The number of piperidine rings is 1. The summed E-state index contributed by atoms with van der Waals surface area (Å²) in [6.45, 7) is 2.93. The van der Waals surface area contributed by atoms with Crippen LogP contribution in [-0.2, 0) is 10.0 Å². The van der Waals surface area contributed by atoms with Gasteiger partial charge in [0.05, 0.1) is 19.4 Å². The summed E-state index contributed by atoms with van der Waals surface area (Å²) in [5.74, 6) is 1.01. The molecular weight excluding hydrogens is 306 g/mol. The molecule has 0 aliphatic carbocycles. The Hall–Kier alpha value is -1.41. The average Bonchev–Trinajstić information content (AvgIpc) is 2.54. The Labute approximate surface area is 131 Å². The van der Waals surface area contributed by atoms with Gasteiger partial charge in [-0.2, -0.15) is 4.31 Å². The second-order valence-electron chi connectivity index (χ2n) is 5.32. The zero-order chi connectivity index (χ0) is 16.0. The standard InChI is InChI=1S/C14H23N3O4S/c1-3-4-10-22(18,19)17-9-5-6-12(11-17)21-14-8-7-13(20-2)15-16-14/h7-8,12H,3-6,9-11H2,1-2H3. The zero-order valence-corrected chi connectivity index (χ0v) is 13.9. The van der Waals surface area contributed by atoms with E-state index in [9.17, 15) is 8.42 Å². The summed E-state index contributed by atoms with van der Waals surface area (Å²) < 4.78 is 36.7. The van der Waals surface area contributed by atoms with Gasteiger partial charge in [0, 0.05) is 18.7 Å². The van der Waals surface area contributed by atoms with Crippen molar-refractivity contribution in [3.63, 3.8) is 0 Å². The molecule has 2 heterocycles. The van der Waals surface area contributed by atoms with Gasteiger partial charge in [0.15, 0.2) is 0 Å². The van der Waals surface area contributed by atoms with E-state index in [-0.39, 0.29) is 11.9 Å². The molecule has 1 aliphatic rings. The number of aromatic nitrogens is 2. The number of methoxy groups -OCH3 is 1. The highest BCUT2D eigenvalue weighted by molar-refractivity contribution is 7.89. The van der Waals surface area contributed by atoms with E-state index in [0.717, 1.165) is 19.3 Å². The zero-order valence-electron chi connectivity index (χ0n) is 13.1. The summed E-state index contributed by atoms with van der Waals surface area (Å²) in [6.07, 6.45) is 2.98. The van der Waals surface area contributed by atoms with Crippen molar-refractivity contribution < 1.29 is 17.9 Å². The predicted molar refractivity (Wildman–Crippen MR) is 82.5 cm³/mol. The monoisotopic (exact) mass is 329 g/mol. The van der Waals surface area contributed by atoms with Crippen molar-refractivity contribution in [2.24, 2.45) is 0 Å². The third-order valence-electron chi connectivity index (χ3n) is 3.60. The topological polar surface area (TPSA) is 81.6 Å². The van der Waals surface area contributed by atoms with Crippen molar-refractivity contribution in [3.05, 3.63) is 12.1 Å². The van der Waals surface area contributed by atoms with E-state index in [2.05, 4.69) is 10.2 Å². The molecule has 0 amide bonds. The van der Waals surface area contributed by atoms with Gasteiger partial charge in [0.25, 0.3) is 0 Å². The number of ether oxygens (including phenoxy) is 2. The van der Waals surface area contributed by atoms with Crippen molar-refractivity contribution in [3.8, 4) is 11.8 Å². The Morgan fingerprint density at radius 1 is 1.32 bits per heavy atom. The molecule has 1 atom stereocenters. The Bertz CT molecular complexity index is 562. The van der Waals surface area contributed by atoms with Crippen molar-refractivity contribution in [2.75, 3.05) is 26.0 Å². The quantitative estimate of drug-likeness (QED) is 0.753. The molecule has 1 fully saturated rings. The van der Waals surface area contributed by atoms with Gasteiger partial charge in [0.2, 0.25) is 21.8 Å². The minimum Gasteiger partial charge on any atom is -0.480 e. The van der Waals surface area contributed by atoms with Crippen LogP contribution in [0.25, 0.3) is 0 Å². The van der Waals surface area contributed by atoms with E-state index in [1.165, 1.54) is 11.4 Å². The minimum absolute atomic E-state index is 0.187. The second kappa shape index (κ2) is 7.73. The molecule has 7 nitrogen and oxygen atoms in total. The molecule has 0 N–H and O–H groups in total. The maximum absolute atomic E-state index is 12.3. The number of sulfonamides is 1. The van der Waals surface area contributed by atoms with Crippen LogP contribution >= 0.6 is 0 Å². The van der Waals surface area contributed by atoms with Gasteiger partial charge < -0.3 is 9.47 Å². The average molecular weight is 329 g/mol. The third-order valence-corrected chi connectivity index (χ3v) is 5.53. The minimum atomic E-state index is -3.18. The number of hydrogen-bond donors (Lipinski definition) is 0. The molecule has 1 unspecified atom stereocenters. The maximum Gasteiger partial charge on any atom is 0.233 e.